The number of hydrogen-bond donors (Lipinski definition) is 0. The molecule has 52 heavy (non-hydrogen) atoms. The molecule has 4 atom stereocenters. The van der Waals surface area contributed by atoms with E-state index in [2.05, 4.69) is 9.97 Å². The minimum Gasteiger partial charge on any atom is -0.486 e. The second kappa shape index (κ2) is 17.6. The zero-order valence-corrected chi connectivity index (χ0v) is 29.1. The van der Waals surface area contributed by atoms with Gasteiger partial charge in [-0.15, -0.1) is 0 Å². The molecule has 0 aliphatic carbocycles. The molecule has 6 rings (SSSR count). The number of pyridine rings is 2. The van der Waals surface area contributed by atoms with Crippen LogP contribution in [0.4, 0.5) is 0 Å². The van der Waals surface area contributed by atoms with E-state index in [0.717, 1.165) is 33.4 Å². The number of carbonyl (C=O) groups excluding carboxylic acids is 2. The molecule has 0 radical (unpaired) electrons. The molecule has 2 heterocycles. The van der Waals surface area contributed by atoms with Gasteiger partial charge < -0.3 is 18.9 Å². The standard InChI is InChI=1S/C44H40N2O6/c1-31(25-41(37-19-11-23-45-29-37)51-39-21-9-17-35(27-39)33-13-5-3-6-14-33)49-43(47)44(48)50-32(2)26-42(38-20-12-24-46-30-38)52-40-22-10-18-36(28-40)34-15-7-4-8-16-34/h3-24,27-32,41-42H,25-26H2,1-2H3. The maximum Gasteiger partial charge on any atom is 0.417 e. The summed E-state index contributed by atoms with van der Waals surface area (Å²) in [5, 5.41) is 0. The van der Waals surface area contributed by atoms with E-state index in [9.17, 15) is 9.59 Å². The fraction of sp³-hybridized carbons (Fsp3) is 0.182. The van der Waals surface area contributed by atoms with Crippen molar-refractivity contribution in [1.82, 2.24) is 9.97 Å². The molecule has 4 unspecified atom stereocenters. The van der Waals surface area contributed by atoms with Gasteiger partial charge in [-0.25, -0.2) is 9.59 Å². The van der Waals surface area contributed by atoms with Crippen LogP contribution in [0.15, 0.2) is 158 Å². The molecule has 0 spiro atoms. The Morgan fingerprint density at radius 2 is 0.904 bits per heavy atom. The molecule has 0 aliphatic rings. The number of hydrogen-bond acceptors (Lipinski definition) is 8. The third-order valence-corrected chi connectivity index (χ3v) is 8.43. The molecule has 0 amide bonds. The lowest BCUT2D eigenvalue weighted by Crippen LogP contribution is -2.30. The number of benzene rings is 4. The van der Waals surface area contributed by atoms with Crippen LogP contribution in [0.3, 0.4) is 0 Å². The number of nitrogens with zero attached hydrogens (tertiary/aromatic N) is 2. The largest absolute Gasteiger partial charge is 0.486 e. The van der Waals surface area contributed by atoms with Crippen molar-refractivity contribution in [3.8, 4) is 33.8 Å². The summed E-state index contributed by atoms with van der Waals surface area (Å²) in [7, 11) is 0. The average Bonchev–Trinajstić information content (AvgIpc) is 3.19. The molecule has 0 aliphatic heterocycles. The van der Waals surface area contributed by atoms with Gasteiger partial charge in [0.2, 0.25) is 0 Å². The van der Waals surface area contributed by atoms with Crippen molar-refractivity contribution in [3.63, 3.8) is 0 Å². The van der Waals surface area contributed by atoms with Crippen LogP contribution < -0.4 is 9.47 Å². The summed E-state index contributed by atoms with van der Waals surface area (Å²) in [5.74, 6) is -0.854. The van der Waals surface area contributed by atoms with E-state index in [1.807, 2.05) is 133 Å². The average molecular weight is 693 g/mol. The molecule has 0 saturated carbocycles. The van der Waals surface area contributed by atoms with Crippen LogP contribution in [-0.4, -0.2) is 34.1 Å². The first kappa shape index (κ1) is 35.5. The van der Waals surface area contributed by atoms with Crippen molar-refractivity contribution in [2.45, 2.75) is 51.1 Å². The molecule has 6 aromatic rings. The summed E-state index contributed by atoms with van der Waals surface area (Å²) in [6, 6.07) is 43.1. The predicted molar refractivity (Wildman–Crippen MR) is 199 cm³/mol. The Balaban J connectivity index is 1.08. The zero-order chi connectivity index (χ0) is 36.1. The maximum atomic E-state index is 13.0. The van der Waals surface area contributed by atoms with Gasteiger partial charge in [0.25, 0.3) is 0 Å². The number of carbonyl (C=O) groups is 2. The topological polar surface area (TPSA) is 96.8 Å². The Labute approximate surface area is 304 Å². The predicted octanol–water partition coefficient (Wildman–Crippen LogP) is 9.39. The van der Waals surface area contributed by atoms with Gasteiger partial charge in [0.1, 0.15) is 35.9 Å². The molecule has 0 bridgehead atoms. The monoisotopic (exact) mass is 692 g/mol. The molecule has 8 nitrogen and oxygen atoms in total. The quantitative estimate of drug-likeness (QED) is 0.0823. The summed E-state index contributed by atoms with van der Waals surface area (Å²) >= 11 is 0. The van der Waals surface area contributed by atoms with E-state index in [4.69, 9.17) is 18.9 Å². The van der Waals surface area contributed by atoms with Crippen molar-refractivity contribution < 1.29 is 28.5 Å². The molecule has 2 aromatic heterocycles. The highest BCUT2D eigenvalue weighted by Gasteiger charge is 2.28. The first-order valence-electron chi connectivity index (χ1n) is 17.3. The lowest BCUT2D eigenvalue weighted by molar-refractivity contribution is -0.174. The smallest absolute Gasteiger partial charge is 0.417 e. The van der Waals surface area contributed by atoms with E-state index in [-0.39, 0.29) is 12.8 Å². The minimum atomic E-state index is -1.08. The molecule has 0 N–H and O–H groups in total. The summed E-state index contributed by atoms with van der Waals surface area (Å²) in [6.07, 6.45) is 4.98. The van der Waals surface area contributed by atoms with Gasteiger partial charge in [0.15, 0.2) is 0 Å². The lowest BCUT2D eigenvalue weighted by atomic mass is 10.0. The van der Waals surface area contributed by atoms with Crippen molar-refractivity contribution in [2.24, 2.45) is 0 Å². The van der Waals surface area contributed by atoms with Gasteiger partial charge >= 0.3 is 11.9 Å². The lowest BCUT2D eigenvalue weighted by Gasteiger charge is -2.24. The normalized spacial score (nSPS) is 13.2. The van der Waals surface area contributed by atoms with Crippen LogP contribution in [0.2, 0.25) is 0 Å². The molecule has 4 aromatic carbocycles. The van der Waals surface area contributed by atoms with E-state index < -0.39 is 36.4 Å². The van der Waals surface area contributed by atoms with Crippen molar-refractivity contribution >= 4 is 11.9 Å². The Morgan fingerprint density at radius 3 is 1.29 bits per heavy atom. The summed E-state index contributed by atoms with van der Waals surface area (Å²) in [4.78, 5) is 34.5. The second-order valence-corrected chi connectivity index (χ2v) is 12.5. The third kappa shape index (κ3) is 9.91. The Hall–Kier alpha value is -6.28. The van der Waals surface area contributed by atoms with Crippen LogP contribution >= 0.6 is 0 Å². The van der Waals surface area contributed by atoms with E-state index >= 15 is 0 Å². The number of rotatable bonds is 14. The van der Waals surface area contributed by atoms with Gasteiger partial charge in [-0.1, -0.05) is 97.1 Å². The van der Waals surface area contributed by atoms with Crippen LogP contribution in [-0.2, 0) is 19.1 Å². The van der Waals surface area contributed by atoms with Crippen LogP contribution in [0.5, 0.6) is 11.5 Å². The van der Waals surface area contributed by atoms with Gasteiger partial charge in [-0.2, -0.15) is 0 Å². The highest BCUT2D eigenvalue weighted by atomic mass is 16.6. The Bertz CT molecular complexity index is 1880. The van der Waals surface area contributed by atoms with Gasteiger partial charge in [0.05, 0.1) is 0 Å². The second-order valence-electron chi connectivity index (χ2n) is 12.5. The molecule has 0 saturated heterocycles. The van der Waals surface area contributed by atoms with Crippen LogP contribution in [0.1, 0.15) is 50.0 Å². The highest BCUT2D eigenvalue weighted by Crippen LogP contribution is 2.32. The summed E-state index contributed by atoms with van der Waals surface area (Å²) < 4.78 is 24.0. The number of esters is 2. The van der Waals surface area contributed by atoms with E-state index in [0.29, 0.717) is 11.5 Å². The van der Waals surface area contributed by atoms with Gasteiger partial charge in [0, 0.05) is 48.8 Å². The van der Waals surface area contributed by atoms with Crippen LogP contribution in [0.25, 0.3) is 22.3 Å². The first-order chi connectivity index (χ1) is 25.4. The number of ether oxygens (including phenoxy) is 4. The SMILES string of the molecule is CC(CC(Oc1cccc(-c2ccccc2)c1)c1cccnc1)OC(=O)C(=O)OC(C)CC(Oc1cccc(-c2ccccc2)c1)c1cccnc1. The fourth-order valence-electron chi connectivity index (χ4n) is 5.89. The number of aromatic nitrogens is 2. The molecule has 0 fully saturated rings. The van der Waals surface area contributed by atoms with Gasteiger partial charge in [-0.3, -0.25) is 9.97 Å². The maximum absolute atomic E-state index is 13.0. The summed E-state index contributed by atoms with van der Waals surface area (Å²) in [5.41, 5.74) is 5.77. The van der Waals surface area contributed by atoms with Crippen molar-refractivity contribution in [1.29, 1.82) is 0 Å². The molecular formula is C44H40N2O6. The van der Waals surface area contributed by atoms with Crippen LogP contribution in [0, 0.1) is 0 Å². The Morgan fingerprint density at radius 1 is 0.500 bits per heavy atom. The summed E-state index contributed by atoms with van der Waals surface area (Å²) in [6.45, 7) is 3.44. The fourth-order valence-corrected chi connectivity index (χ4v) is 5.89. The zero-order valence-electron chi connectivity index (χ0n) is 29.1. The van der Waals surface area contributed by atoms with E-state index in [1.165, 1.54) is 0 Å². The van der Waals surface area contributed by atoms with Crippen molar-refractivity contribution in [3.05, 3.63) is 169 Å². The first-order valence-corrected chi connectivity index (χ1v) is 17.3. The van der Waals surface area contributed by atoms with E-state index in [1.54, 1.807) is 38.6 Å². The third-order valence-electron chi connectivity index (χ3n) is 8.43. The molecular weight excluding hydrogens is 652 g/mol. The Kier molecular flexibility index (Phi) is 12.0. The molecule has 262 valence electrons. The van der Waals surface area contributed by atoms with Gasteiger partial charge in [-0.05, 0) is 72.5 Å². The minimum absolute atomic E-state index is 0.273. The molecule has 8 heteroatoms. The van der Waals surface area contributed by atoms with Crippen molar-refractivity contribution in [2.75, 3.05) is 0 Å². The highest BCUT2D eigenvalue weighted by molar-refractivity contribution is 6.29.